The van der Waals surface area contributed by atoms with Gasteiger partial charge in [0, 0.05) is 12.6 Å². The van der Waals surface area contributed by atoms with E-state index in [9.17, 15) is 4.79 Å². The first-order valence-electron chi connectivity index (χ1n) is 5.24. The minimum atomic E-state index is -0.245. The Labute approximate surface area is 101 Å². The molecule has 1 rings (SSSR count). The molecule has 0 saturated heterocycles. The summed E-state index contributed by atoms with van der Waals surface area (Å²) in [5, 5.41) is 1.13. The molecule has 0 aliphatic rings. The van der Waals surface area contributed by atoms with Crippen molar-refractivity contribution in [2.24, 2.45) is 0 Å². The molecule has 0 bridgehead atoms. The number of carbonyl (C=O) groups excluding carboxylic acids is 1. The number of nitrogens with zero attached hydrogens (tertiary/aromatic N) is 1. The number of carbonyl (C=O) groups is 1. The Bertz CT molecular complexity index is 347. The highest BCUT2D eigenvalue weighted by molar-refractivity contribution is 5.76. The molecule has 94 valence electrons. The van der Waals surface area contributed by atoms with Gasteiger partial charge in [-0.3, -0.25) is 9.63 Å². The number of ether oxygens (including phenoxy) is 1. The molecule has 0 spiro atoms. The first-order chi connectivity index (χ1) is 8.19. The fourth-order valence-electron chi connectivity index (χ4n) is 1.27. The van der Waals surface area contributed by atoms with Gasteiger partial charge in [-0.2, -0.15) is 0 Å². The Kier molecular flexibility index (Phi) is 5.45. The maximum atomic E-state index is 11.5. The van der Waals surface area contributed by atoms with Gasteiger partial charge in [-0.1, -0.05) is 6.08 Å². The fourth-order valence-corrected chi connectivity index (χ4v) is 1.27. The number of hydroxylamine groups is 2. The molecule has 0 radical (unpaired) electrons. The molecule has 1 atom stereocenters. The molecule has 1 amide bonds. The minimum absolute atomic E-state index is 0.0476. The predicted octanol–water partition coefficient (Wildman–Crippen LogP) is 1.93. The van der Waals surface area contributed by atoms with E-state index in [-0.39, 0.29) is 18.6 Å². The predicted molar refractivity (Wildman–Crippen MR) is 62.0 cm³/mol. The maximum Gasteiger partial charge on any atom is 0.271 e. The van der Waals surface area contributed by atoms with Crippen molar-refractivity contribution in [2.75, 3.05) is 20.8 Å². The van der Waals surface area contributed by atoms with Crippen molar-refractivity contribution in [3.63, 3.8) is 0 Å². The number of hydrogen-bond donors (Lipinski definition) is 0. The summed E-state index contributed by atoms with van der Waals surface area (Å²) in [6, 6.07) is 1.80. The molecule has 17 heavy (non-hydrogen) atoms. The highest BCUT2D eigenvalue weighted by Gasteiger charge is 2.15. The molecule has 0 unspecified atom stereocenters. The van der Waals surface area contributed by atoms with Gasteiger partial charge < -0.3 is 9.15 Å². The second kappa shape index (κ2) is 6.88. The molecule has 0 aliphatic carbocycles. The van der Waals surface area contributed by atoms with Crippen LogP contribution in [0.3, 0.4) is 0 Å². The maximum absolute atomic E-state index is 11.5. The Balaban J connectivity index is 2.51. The van der Waals surface area contributed by atoms with Crippen molar-refractivity contribution in [1.82, 2.24) is 5.06 Å². The molecule has 0 aromatic carbocycles. The largest absolute Gasteiger partial charge is 0.472 e. The van der Waals surface area contributed by atoms with Crippen LogP contribution in [-0.4, -0.2) is 31.7 Å². The van der Waals surface area contributed by atoms with Crippen LogP contribution in [-0.2, 0) is 14.4 Å². The third kappa shape index (κ3) is 4.05. The fraction of sp³-hybridized carbons (Fsp3) is 0.417. The molecule has 1 heterocycles. The summed E-state index contributed by atoms with van der Waals surface area (Å²) in [4.78, 5) is 16.2. The van der Waals surface area contributed by atoms with Gasteiger partial charge in [0.15, 0.2) is 0 Å². The molecule has 5 heteroatoms. The van der Waals surface area contributed by atoms with Crippen molar-refractivity contribution in [1.29, 1.82) is 0 Å². The van der Waals surface area contributed by atoms with Gasteiger partial charge in [0.2, 0.25) is 0 Å². The summed E-state index contributed by atoms with van der Waals surface area (Å²) in [6.07, 6.45) is 5.29. The van der Waals surface area contributed by atoms with Gasteiger partial charge >= 0.3 is 0 Å². The topological polar surface area (TPSA) is 51.9 Å². The van der Waals surface area contributed by atoms with Crippen LogP contribution in [0.2, 0.25) is 0 Å². The van der Waals surface area contributed by atoms with Gasteiger partial charge in [-0.05, 0) is 12.5 Å². The number of amides is 1. The second-order valence-electron chi connectivity index (χ2n) is 3.45. The van der Waals surface area contributed by atoms with Crippen LogP contribution in [0.15, 0.2) is 35.7 Å². The molecule has 0 aliphatic heterocycles. The first kappa shape index (κ1) is 13.5. The van der Waals surface area contributed by atoms with Gasteiger partial charge in [-0.15, -0.1) is 6.58 Å². The first-order valence-corrected chi connectivity index (χ1v) is 5.24. The van der Waals surface area contributed by atoms with Crippen LogP contribution < -0.4 is 0 Å². The van der Waals surface area contributed by atoms with Crippen molar-refractivity contribution >= 4 is 5.91 Å². The Hall–Kier alpha value is -1.59. The van der Waals surface area contributed by atoms with Gasteiger partial charge in [0.25, 0.3) is 5.91 Å². The number of likely N-dealkylation sites (N-methyl/N-ethyl adjacent to an activating group) is 1. The molecule has 5 nitrogen and oxygen atoms in total. The lowest BCUT2D eigenvalue weighted by atomic mass is 10.1. The van der Waals surface area contributed by atoms with E-state index >= 15 is 0 Å². The summed E-state index contributed by atoms with van der Waals surface area (Å²) in [6.45, 7) is 3.61. The van der Waals surface area contributed by atoms with Crippen LogP contribution in [0.4, 0.5) is 0 Å². The SMILES string of the molecule is C=CC[C@H](OCC(=O)N(C)OC)c1ccoc1. The Morgan fingerprint density at radius 3 is 3.00 bits per heavy atom. The van der Waals surface area contributed by atoms with E-state index in [2.05, 4.69) is 6.58 Å². The molecule has 0 N–H and O–H groups in total. The van der Waals surface area contributed by atoms with E-state index in [1.54, 1.807) is 24.7 Å². The second-order valence-corrected chi connectivity index (χ2v) is 3.45. The highest BCUT2D eigenvalue weighted by atomic mass is 16.7. The Morgan fingerprint density at radius 1 is 1.71 bits per heavy atom. The summed E-state index contributed by atoms with van der Waals surface area (Å²) in [5.41, 5.74) is 0.887. The quantitative estimate of drug-likeness (QED) is 0.539. The molecule has 1 aromatic rings. The van der Waals surface area contributed by atoms with Gasteiger partial charge in [0.05, 0.1) is 25.7 Å². The van der Waals surface area contributed by atoms with Crippen molar-refractivity contribution in [3.05, 3.63) is 36.8 Å². The molecular formula is C12H17NO4. The monoisotopic (exact) mass is 239 g/mol. The average molecular weight is 239 g/mol. The lowest BCUT2D eigenvalue weighted by molar-refractivity contribution is -0.175. The summed E-state index contributed by atoms with van der Waals surface area (Å²) in [7, 11) is 2.96. The molecule has 1 aromatic heterocycles. The average Bonchev–Trinajstić information content (AvgIpc) is 2.86. The Morgan fingerprint density at radius 2 is 2.47 bits per heavy atom. The smallest absolute Gasteiger partial charge is 0.271 e. The van der Waals surface area contributed by atoms with Crippen LogP contribution in [0, 0.1) is 0 Å². The summed E-state index contributed by atoms with van der Waals surface area (Å²) < 4.78 is 10.5. The third-order valence-electron chi connectivity index (χ3n) is 2.33. The highest BCUT2D eigenvalue weighted by Crippen LogP contribution is 2.21. The van der Waals surface area contributed by atoms with Crippen molar-refractivity contribution in [3.8, 4) is 0 Å². The summed E-state index contributed by atoms with van der Waals surface area (Å²) in [5.74, 6) is -0.245. The van der Waals surface area contributed by atoms with Crippen molar-refractivity contribution < 1.29 is 18.8 Å². The minimum Gasteiger partial charge on any atom is -0.472 e. The van der Waals surface area contributed by atoms with Gasteiger partial charge in [0.1, 0.15) is 6.61 Å². The van der Waals surface area contributed by atoms with E-state index in [1.807, 2.05) is 0 Å². The van der Waals surface area contributed by atoms with E-state index < -0.39 is 0 Å². The number of furan rings is 1. The normalized spacial score (nSPS) is 12.1. The van der Waals surface area contributed by atoms with Gasteiger partial charge in [-0.25, -0.2) is 5.06 Å². The molecule has 0 fully saturated rings. The van der Waals surface area contributed by atoms with Crippen molar-refractivity contribution in [2.45, 2.75) is 12.5 Å². The van der Waals surface area contributed by atoms with E-state index in [4.69, 9.17) is 14.0 Å². The number of rotatable bonds is 7. The molecular weight excluding hydrogens is 222 g/mol. The molecule has 0 saturated carbocycles. The zero-order valence-electron chi connectivity index (χ0n) is 10.1. The lowest BCUT2D eigenvalue weighted by Gasteiger charge is -2.17. The van der Waals surface area contributed by atoms with E-state index in [0.717, 1.165) is 10.6 Å². The lowest BCUT2D eigenvalue weighted by Crippen LogP contribution is -2.29. The standard InChI is InChI=1S/C12H17NO4/c1-4-5-11(10-6-7-16-8-10)17-9-12(14)13(2)15-3/h4,6-8,11H,1,5,9H2,2-3H3/t11-/m0/s1. The van der Waals surface area contributed by atoms with E-state index in [1.165, 1.54) is 14.2 Å². The van der Waals surface area contributed by atoms with E-state index in [0.29, 0.717) is 6.42 Å². The van der Waals surface area contributed by atoms with Crippen LogP contribution in [0.5, 0.6) is 0 Å². The zero-order chi connectivity index (χ0) is 12.7. The summed E-state index contributed by atoms with van der Waals surface area (Å²) >= 11 is 0. The van der Waals surface area contributed by atoms with Crippen LogP contribution in [0.25, 0.3) is 0 Å². The zero-order valence-corrected chi connectivity index (χ0v) is 10.1. The van der Waals surface area contributed by atoms with Crippen LogP contribution in [0.1, 0.15) is 18.1 Å². The van der Waals surface area contributed by atoms with Crippen LogP contribution >= 0.6 is 0 Å². The number of hydrogen-bond acceptors (Lipinski definition) is 4. The third-order valence-corrected chi connectivity index (χ3v) is 2.33.